The molecular formula is C28H50N4O2Si2. The van der Waals surface area contributed by atoms with Gasteiger partial charge in [-0.25, -0.2) is 9.97 Å². The van der Waals surface area contributed by atoms with Crippen LogP contribution in [0.1, 0.15) is 73.3 Å². The third-order valence-electron chi connectivity index (χ3n) is 9.48. The molecule has 0 bridgehead atoms. The summed E-state index contributed by atoms with van der Waals surface area (Å²) in [6, 6.07) is 2.55. The van der Waals surface area contributed by atoms with E-state index in [4.69, 9.17) is 13.8 Å². The smallest absolute Gasteiger partial charge is 0.192 e. The maximum Gasteiger partial charge on any atom is 0.192 e. The summed E-state index contributed by atoms with van der Waals surface area (Å²) >= 11 is 0. The highest BCUT2D eigenvalue weighted by atomic mass is 28.4. The van der Waals surface area contributed by atoms with Gasteiger partial charge in [0.2, 0.25) is 0 Å². The zero-order valence-electron chi connectivity index (χ0n) is 24.4. The lowest BCUT2D eigenvalue weighted by Crippen LogP contribution is -2.46. The zero-order valence-corrected chi connectivity index (χ0v) is 26.4. The number of nitrogens with zero attached hydrogens (tertiary/aromatic N) is 3. The first-order valence-electron chi connectivity index (χ1n) is 14.0. The summed E-state index contributed by atoms with van der Waals surface area (Å²) in [4.78, 5) is 9.29. The lowest BCUT2D eigenvalue weighted by molar-refractivity contribution is 0.101. The van der Waals surface area contributed by atoms with E-state index in [1.807, 2.05) is 0 Å². The van der Waals surface area contributed by atoms with Crippen LogP contribution in [0.5, 0.6) is 0 Å². The van der Waals surface area contributed by atoms with Crippen LogP contribution in [-0.2, 0) is 8.85 Å². The number of anilines is 1. The Morgan fingerprint density at radius 2 is 1.64 bits per heavy atom. The summed E-state index contributed by atoms with van der Waals surface area (Å²) in [5.41, 5.74) is 1.03. The first kappa shape index (κ1) is 27.8. The van der Waals surface area contributed by atoms with E-state index in [-0.39, 0.29) is 16.2 Å². The predicted octanol–water partition coefficient (Wildman–Crippen LogP) is 7.62. The Balaban J connectivity index is 1.57. The van der Waals surface area contributed by atoms with Crippen molar-refractivity contribution >= 4 is 33.5 Å². The molecule has 36 heavy (non-hydrogen) atoms. The molecule has 3 atom stereocenters. The molecule has 0 radical (unpaired) electrons. The molecule has 2 aliphatic rings. The van der Waals surface area contributed by atoms with E-state index in [9.17, 15) is 0 Å². The minimum Gasteiger partial charge on any atom is -0.416 e. The SMILES string of the molecule is CC(C)(C)[Si](C)(C)OCC1C[C@@H](n2ccc3c(NCC4CC4)ncnc32)CC1O[Si](C)(C)C(C)(C)C. The van der Waals surface area contributed by atoms with E-state index < -0.39 is 16.6 Å². The van der Waals surface area contributed by atoms with Gasteiger partial charge in [0.05, 0.1) is 11.5 Å². The van der Waals surface area contributed by atoms with Crippen molar-refractivity contribution in [2.24, 2.45) is 11.8 Å². The molecule has 0 saturated heterocycles. The molecule has 2 aliphatic carbocycles. The van der Waals surface area contributed by atoms with E-state index >= 15 is 0 Å². The van der Waals surface area contributed by atoms with Gasteiger partial charge in [0.25, 0.3) is 0 Å². The van der Waals surface area contributed by atoms with Crippen LogP contribution in [0.25, 0.3) is 11.0 Å². The highest BCUT2D eigenvalue weighted by Gasteiger charge is 2.46. The minimum absolute atomic E-state index is 0.186. The summed E-state index contributed by atoms with van der Waals surface area (Å²) in [5.74, 6) is 2.17. The quantitative estimate of drug-likeness (QED) is 0.338. The van der Waals surface area contributed by atoms with Crippen molar-refractivity contribution in [1.29, 1.82) is 0 Å². The fourth-order valence-corrected chi connectivity index (χ4v) is 7.12. The van der Waals surface area contributed by atoms with E-state index in [1.165, 1.54) is 12.8 Å². The van der Waals surface area contributed by atoms with Gasteiger partial charge in [-0.3, -0.25) is 0 Å². The molecule has 2 saturated carbocycles. The fourth-order valence-electron chi connectivity index (χ4n) is 4.66. The molecule has 0 amide bonds. The topological polar surface area (TPSA) is 61.2 Å². The Labute approximate surface area is 221 Å². The molecule has 0 aliphatic heterocycles. The largest absolute Gasteiger partial charge is 0.416 e. The normalized spacial score (nSPS) is 24.0. The number of nitrogens with one attached hydrogen (secondary N) is 1. The monoisotopic (exact) mass is 530 g/mol. The van der Waals surface area contributed by atoms with Crippen LogP contribution in [0.2, 0.25) is 36.3 Å². The van der Waals surface area contributed by atoms with Gasteiger partial charge < -0.3 is 18.7 Å². The number of hydrogen-bond acceptors (Lipinski definition) is 5. The van der Waals surface area contributed by atoms with E-state index in [0.29, 0.717) is 12.0 Å². The second-order valence-corrected chi connectivity index (χ2v) is 23.9. The zero-order chi connectivity index (χ0) is 26.5. The average Bonchev–Trinajstić information content (AvgIpc) is 3.35. The van der Waals surface area contributed by atoms with Crippen LogP contribution in [0.3, 0.4) is 0 Å². The van der Waals surface area contributed by atoms with E-state index in [0.717, 1.165) is 48.8 Å². The van der Waals surface area contributed by atoms with Crippen molar-refractivity contribution in [1.82, 2.24) is 14.5 Å². The highest BCUT2D eigenvalue weighted by molar-refractivity contribution is 6.74. The molecule has 0 aromatic carbocycles. The summed E-state index contributed by atoms with van der Waals surface area (Å²) in [6.07, 6.45) is 8.88. The second-order valence-electron chi connectivity index (χ2n) is 14.4. The maximum absolute atomic E-state index is 7.08. The molecule has 0 spiro atoms. The van der Waals surface area contributed by atoms with Crippen molar-refractivity contribution in [3.8, 4) is 0 Å². The Morgan fingerprint density at radius 3 is 2.25 bits per heavy atom. The highest BCUT2D eigenvalue weighted by Crippen LogP contribution is 2.45. The molecule has 1 N–H and O–H groups in total. The van der Waals surface area contributed by atoms with Crippen LogP contribution >= 0.6 is 0 Å². The molecular weight excluding hydrogens is 481 g/mol. The lowest BCUT2D eigenvalue weighted by Gasteiger charge is -2.41. The molecule has 2 aromatic rings. The van der Waals surface area contributed by atoms with Crippen LogP contribution < -0.4 is 5.32 Å². The molecule has 2 fully saturated rings. The van der Waals surface area contributed by atoms with Crippen molar-refractivity contribution in [2.75, 3.05) is 18.5 Å². The van der Waals surface area contributed by atoms with Gasteiger partial charge in [0.1, 0.15) is 17.8 Å². The Bertz CT molecular complexity index is 1050. The third-order valence-corrected chi connectivity index (χ3v) is 18.5. The summed E-state index contributed by atoms with van der Waals surface area (Å²) in [7, 11) is -3.74. The van der Waals surface area contributed by atoms with Gasteiger partial charge in [0.15, 0.2) is 16.6 Å². The lowest BCUT2D eigenvalue weighted by atomic mass is 10.1. The molecule has 6 nitrogen and oxygen atoms in total. The van der Waals surface area contributed by atoms with Crippen LogP contribution in [0.4, 0.5) is 5.82 Å². The van der Waals surface area contributed by atoms with Crippen molar-refractivity contribution < 1.29 is 8.85 Å². The standard InChI is InChI=1S/C28H50N4O2Si2/c1-27(2,3)35(7,8)33-18-21-15-22(16-24(21)34-36(9,10)28(4,5)6)32-14-13-23-25(29-17-20-11-12-20)30-19-31-26(23)32/h13-14,19-22,24H,11-12,15-18H2,1-10H3,(H,29,30,31)/t21?,22-,24?/m1/s1. The molecule has 202 valence electrons. The van der Waals surface area contributed by atoms with Gasteiger partial charge in [-0.15, -0.1) is 0 Å². The van der Waals surface area contributed by atoms with E-state index in [2.05, 4.69) is 94.9 Å². The number of rotatable bonds is 9. The van der Waals surface area contributed by atoms with Gasteiger partial charge in [-0.2, -0.15) is 0 Å². The van der Waals surface area contributed by atoms with Crippen molar-refractivity contribution in [3.63, 3.8) is 0 Å². The molecule has 2 aromatic heterocycles. The van der Waals surface area contributed by atoms with Crippen molar-refractivity contribution in [2.45, 2.75) is 116 Å². The van der Waals surface area contributed by atoms with Crippen LogP contribution in [0, 0.1) is 11.8 Å². The fraction of sp³-hybridized carbons (Fsp3) is 0.786. The summed E-state index contributed by atoms with van der Waals surface area (Å²) in [5, 5.41) is 5.09. The molecule has 8 heteroatoms. The van der Waals surface area contributed by atoms with Gasteiger partial charge in [-0.1, -0.05) is 41.5 Å². The molecule has 2 heterocycles. The van der Waals surface area contributed by atoms with Crippen LogP contribution in [-0.4, -0.2) is 50.4 Å². The Morgan fingerprint density at radius 1 is 0.972 bits per heavy atom. The first-order valence-corrected chi connectivity index (χ1v) is 19.8. The van der Waals surface area contributed by atoms with E-state index in [1.54, 1.807) is 6.33 Å². The minimum atomic E-state index is -1.91. The predicted molar refractivity (Wildman–Crippen MR) is 156 cm³/mol. The van der Waals surface area contributed by atoms with Gasteiger partial charge in [0, 0.05) is 31.3 Å². The number of fused-ring (bicyclic) bond motifs is 1. The Kier molecular flexibility index (Phi) is 7.58. The van der Waals surface area contributed by atoms with Gasteiger partial charge in [-0.05, 0) is 73.9 Å². The Hall–Kier alpha value is -1.23. The summed E-state index contributed by atoms with van der Waals surface area (Å²) in [6.45, 7) is 25.2. The third kappa shape index (κ3) is 5.92. The number of hydrogen-bond donors (Lipinski definition) is 1. The first-order chi connectivity index (χ1) is 16.6. The second kappa shape index (κ2) is 9.82. The van der Waals surface area contributed by atoms with Crippen molar-refractivity contribution in [3.05, 3.63) is 18.6 Å². The molecule has 2 unspecified atom stereocenters. The van der Waals surface area contributed by atoms with Gasteiger partial charge >= 0.3 is 0 Å². The average molecular weight is 531 g/mol. The van der Waals surface area contributed by atoms with Crippen LogP contribution in [0.15, 0.2) is 18.6 Å². The molecule has 4 rings (SSSR count). The summed E-state index contributed by atoms with van der Waals surface area (Å²) < 4.78 is 16.2. The maximum atomic E-state index is 7.08. The number of aromatic nitrogens is 3.